The molecule has 0 aliphatic heterocycles. The van der Waals surface area contributed by atoms with E-state index in [4.69, 9.17) is 16.3 Å². The Morgan fingerprint density at radius 3 is 2.63 bits per heavy atom. The molecule has 0 unspecified atom stereocenters. The van der Waals surface area contributed by atoms with Crippen LogP contribution in [0.15, 0.2) is 77.8 Å². The number of carbonyl (C=O) groups is 2. The summed E-state index contributed by atoms with van der Waals surface area (Å²) in [5.41, 5.74) is 3.22. The molecule has 1 aromatic heterocycles. The van der Waals surface area contributed by atoms with Gasteiger partial charge in [0.25, 0.3) is 5.91 Å². The van der Waals surface area contributed by atoms with Crippen LogP contribution in [0.4, 0.5) is 5.69 Å². The zero-order valence-electron chi connectivity index (χ0n) is 19.5. The lowest BCUT2D eigenvalue weighted by Gasteiger charge is -2.10. The SMILES string of the molecule is COc1ccc(Cl)cc1NC(=O)CSc1cn(CCNC(=O)c2ccccc2C)c2ccccc12. The van der Waals surface area contributed by atoms with E-state index < -0.39 is 0 Å². The highest BCUT2D eigenvalue weighted by Gasteiger charge is 2.13. The van der Waals surface area contributed by atoms with Crippen molar-refractivity contribution in [2.75, 3.05) is 24.7 Å². The number of aromatic nitrogens is 1. The highest BCUT2D eigenvalue weighted by atomic mass is 35.5. The number of methoxy groups -OCH3 is 1. The number of amides is 2. The largest absolute Gasteiger partial charge is 0.495 e. The van der Waals surface area contributed by atoms with Gasteiger partial charge in [0, 0.05) is 45.7 Å². The minimum absolute atomic E-state index is 0.0812. The first-order valence-electron chi connectivity index (χ1n) is 11.1. The molecule has 3 aromatic carbocycles. The highest BCUT2D eigenvalue weighted by molar-refractivity contribution is 8.00. The molecule has 180 valence electrons. The van der Waals surface area contributed by atoms with Gasteiger partial charge < -0.3 is 19.9 Å². The van der Waals surface area contributed by atoms with Crippen LogP contribution < -0.4 is 15.4 Å². The third kappa shape index (κ3) is 5.99. The molecule has 35 heavy (non-hydrogen) atoms. The van der Waals surface area contributed by atoms with Crippen molar-refractivity contribution in [3.63, 3.8) is 0 Å². The topological polar surface area (TPSA) is 72.4 Å². The smallest absolute Gasteiger partial charge is 0.251 e. The molecule has 0 aliphatic rings. The van der Waals surface area contributed by atoms with Gasteiger partial charge in [-0.25, -0.2) is 0 Å². The van der Waals surface area contributed by atoms with Crippen LogP contribution in [0.1, 0.15) is 15.9 Å². The number of benzene rings is 3. The Kier molecular flexibility index (Phi) is 8.00. The number of anilines is 1. The van der Waals surface area contributed by atoms with Crippen molar-refractivity contribution in [3.8, 4) is 5.75 Å². The first-order valence-corrected chi connectivity index (χ1v) is 12.5. The number of ether oxygens (including phenoxy) is 1. The summed E-state index contributed by atoms with van der Waals surface area (Å²) in [6, 6.07) is 20.7. The number of halogens is 1. The molecule has 0 bridgehead atoms. The van der Waals surface area contributed by atoms with E-state index in [2.05, 4.69) is 15.2 Å². The van der Waals surface area contributed by atoms with Crippen LogP contribution in [-0.4, -0.2) is 35.8 Å². The number of rotatable bonds is 9. The van der Waals surface area contributed by atoms with Crippen molar-refractivity contribution < 1.29 is 14.3 Å². The Balaban J connectivity index is 1.40. The van der Waals surface area contributed by atoms with Gasteiger partial charge in [-0.1, -0.05) is 48.0 Å². The van der Waals surface area contributed by atoms with E-state index in [1.807, 2.05) is 61.7 Å². The Labute approximate surface area is 213 Å². The molecule has 0 radical (unpaired) electrons. The third-order valence-corrected chi connectivity index (χ3v) is 6.85. The van der Waals surface area contributed by atoms with Crippen molar-refractivity contribution >= 4 is 51.8 Å². The number of thioether (sulfide) groups is 1. The highest BCUT2D eigenvalue weighted by Crippen LogP contribution is 2.31. The number of aryl methyl sites for hydroxylation is 1. The Bertz CT molecular complexity index is 1370. The summed E-state index contributed by atoms with van der Waals surface area (Å²) in [5.74, 6) is 0.547. The van der Waals surface area contributed by atoms with Gasteiger partial charge in [0.1, 0.15) is 5.75 Å². The number of nitrogens with zero attached hydrogens (tertiary/aromatic N) is 1. The average Bonchev–Trinajstić information content (AvgIpc) is 3.21. The average molecular weight is 508 g/mol. The van der Waals surface area contributed by atoms with Crippen LogP contribution in [0.2, 0.25) is 5.02 Å². The Morgan fingerprint density at radius 1 is 1.06 bits per heavy atom. The second-order valence-electron chi connectivity index (χ2n) is 7.96. The molecule has 0 saturated carbocycles. The van der Waals surface area contributed by atoms with Crippen molar-refractivity contribution in [1.82, 2.24) is 9.88 Å². The maximum atomic E-state index is 12.6. The van der Waals surface area contributed by atoms with Crippen LogP contribution in [0.25, 0.3) is 10.9 Å². The monoisotopic (exact) mass is 507 g/mol. The van der Waals surface area contributed by atoms with E-state index in [0.29, 0.717) is 35.1 Å². The third-order valence-electron chi connectivity index (χ3n) is 5.57. The fraction of sp³-hybridized carbons (Fsp3) is 0.185. The summed E-state index contributed by atoms with van der Waals surface area (Å²) in [4.78, 5) is 26.2. The quantitative estimate of drug-likeness (QED) is 0.282. The van der Waals surface area contributed by atoms with Gasteiger partial charge in [0.05, 0.1) is 18.6 Å². The molecule has 1 heterocycles. The summed E-state index contributed by atoms with van der Waals surface area (Å²) in [6.07, 6.45) is 2.03. The second-order valence-corrected chi connectivity index (χ2v) is 9.41. The molecular formula is C27H26ClN3O3S. The van der Waals surface area contributed by atoms with E-state index in [9.17, 15) is 9.59 Å². The van der Waals surface area contributed by atoms with E-state index in [1.165, 1.54) is 11.8 Å². The zero-order valence-corrected chi connectivity index (χ0v) is 21.1. The van der Waals surface area contributed by atoms with Gasteiger partial charge >= 0.3 is 0 Å². The van der Waals surface area contributed by atoms with Gasteiger partial charge in [-0.3, -0.25) is 9.59 Å². The van der Waals surface area contributed by atoms with Crippen LogP contribution in [-0.2, 0) is 11.3 Å². The number of para-hydroxylation sites is 1. The maximum absolute atomic E-state index is 12.6. The molecule has 0 saturated heterocycles. The minimum Gasteiger partial charge on any atom is -0.495 e. The number of hydrogen-bond donors (Lipinski definition) is 2. The van der Waals surface area contributed by atoms with E-state index in [-0.39, 0.29) is 17.6 Å². The summed E-state index contributed by atoms with van der Waals surface area (Å²) < 4.78 is 7.41. The molecule has 4 aromatic rings. The van der Waals surface area contributed by atoms with E-state index in [1.54, 1.807) is 25.3 Å². The van der Waals surface area contributed by atoms with Crippen LogP contribution in [0.5, 0.6) is 5.75 Å². The van der Waals surface area contributed by atoms with Gasteiger partial charge in [-0.05, 0) is 42.8 Å². The van der Waals surface area contributed by atoms with Crippen LogP contribution >= 0.6 is 23.4 Å². The molecule has 0 fully saturated rings. The molecule has 8 heteroatoms. The number of hydrogen-bond acceptors (Lipinski definition) is 4. The van der Waals surface area contributed by atoms with Crippen molar-refractivity contribution in [3.05, 3.63) is 89.1 Å². The maximum Gasteiger partial charge on any atom is 0.251 e. The molecule has 2 N–H and O–H groups in total. The number of carbonyl (C=O) groups excluding carboxylic acids is 2. The lowest BCUT2D eigenvalue weighted by Crippen LogP contribution is -2.27. The zero-order chi connectivity index (χ0) is 24.8. The van der Waals surface area contributed by atoms with Crippen molar-refractivity contribution in [2.24, 2.45) is 0 Å². The first kappa shape index (κ1) is 24.7. The lowest BCUT2D eigenvalue weighted by molar-refractivity contribution is -0.113. The molecule has 2 amide bonds. The van der Waals surface area contributed by atoms with Crippen molar-refractivity contribution in [2.45, 2.75) is 18.4 Å². The predicted octanol–water partition coefficient (Wildman–Crippen LogP) is 5.77. The predicted molar refractivity (Wildman–Crippen MR) is 143 cm³/mol. The molecule has 0 aliphatic carbocycles. The van der Waals surface area contributed by atoms with Crippen LogP contribution in [0.3, 0.4) is 0 Å². The minimum atomic E-state index is -0.155. The normalized spacial score (nSPS) is 10.8. The summed E-state index contributed by atoms with van der Waals surface area (Å²) in [7, 11) is 1.55. The summed E-state index contributed by atoms with van der Waals surface area (Å²) >= 11 is 7.52. The van der Waals surface area contributed by atoms with Crippen LogP contribution in [0, 0.1) is 6.92 Å². The van der Waals surface area contributed by atoms with E-state index in [0.717, 1.165) is 21.4 Å². The molecule has 4 rings (SSSR count). The first-order chi connectivity index (χ1) is 17.0. The number of fused-ring (bicyclic) bond motifs is 1. The number of nitrogens with one attached hydrogen (secondary N) is 2. The molecule has 6 nitrogen and oxygen atoms in total. The van der Waals surface area contributed by atoms with Gasteiger partial charge in [-0.2, -0.15) is 0 Å². The van der Waals surface area contributed by atoms with Gasteiger partial charge in [0.15, 0.2) is 0 Å². The van der Waals surface area contributed by atoms with Gasteiger partial charge in [0.2, 0.25) is 5.91 Å². The molecule has 0 atom stereocenters. The lowest BCUT2D eigenvalue weighted by atomic mass is 10.1. The second kappa shape index (κ2) is 11.3. The Hall–Kier alpha value is -3.42. The molecular weight excluding hydrogens is 482 g/mol. The van der Waals surface area contributed by atoms with Gasteiger partial charge in [-0.15, -0.1) is 11.8 Å². The Morgan fingerprint density at radius 2 is 1.83 bits per heavy atom. The van der Waals surface area contributed by atoms with E-state index >= 15 is 0 Å². The molecule has 0 spiro atoms. The fourth-order valence-corrected chi connectivity index (χ4v) is 4.89. The fourth-order valence-electron chi connectivity index (χ4n) is 3.83. The van der Waals surface area contributed by atoms with Crippen molar-refractivity contribution in [1.29, 1.82) is 0 Å². The standard InChI is InChI=1S/C27H26ClN3O3S/c1-18-7-3-4-8-20(18)27(33)29-13-14-31-16-25(21-9-5-6-10-23(21)31)35-17-26(32)30-22-15-19(28)11-12-24(22)34-2/h3-12,15-16H,13-14,17H2,1-2H3,(H,29,33)(H,30,32). The summed E-state index contributed by atoms with van der Waals surface area (Å²) in [6.45, 7) is 3.03. The summed E-state index contributed by atoms with van der Waals surface area (Å²) in [5, 5.41) is 7.46.